The summed E-state index contributed by atoms with van der Waals surface area (Å²) in [6, 6.07) is 23.0. The summed E-state index contributed by atoms with van der Waals surface area (Å²) >= 11 is 0. The van der Waals surface area contributed by atoms with E-state index in [1.807, 2.05) is 79.7 Å². The lowest BCUT2D eigenvalue weighted by Gasteiger charge is -2.21. The monoisotopic (exact) mass is 503 g/mol. The van der Waals surface area contributed by atoms with Crippen molar-refractivity contribution in [2.75, 3.05) is 25.5 Å². The predicted molar refractivity (Wildman–Crippen MR) is 143 cm³/mol. The molecule has 0 aliphatic heterocycles. The number of nitrogens with zero attached hydrogens (tertiary/aromatic N) is 2. The third-order valence-corrected chi connectivity index (χ3v) is 5.92. The van der Waals surface area contributed by atoms with E-state index in [0.717, 1.165) is 28.1 Å². The Kier molecular flexibility index (Phi) is 7.98. The number of ether oxygens (including phenoxy) is 2. The Morgan fingerprint density at radius 1 is 1.05 bits per heavy atom. The predicted octanol–water partition coefficient (Wildman–Crippen LogP) is 5.44. The van der Waals surface area contributed by atoms with Crippen molar-refractivity contribution in [3.05, 3.63) is 84.3 Å². The molecule has 0 radical (unpaired) electrons. The fourth-order valence-electron chi connectivity index (χ4n) is 3.74. The molecule has 1 unspecified atom stereocenters. The van der Waals surface area contributed by atoms with Gasteiger partial charge in [0.1, 0.15) is 17.0 Å². The van der Waals surface area contributed by atoms with Gasteiger partial charge in [-0.1, -0.05) is 30.3 Å². The Bertz CT molecular complexity index is 1300. The van der Waals surface area contributed by atoms with Crippen molar-refractivity contribution >= 4 is 22.8 Å². The Morgan fingerprint density at radius 3 is 2.51 bits per heavy atom. The highest BCUT2D eigenvalue weighted by Crippen LogP contribution is 2.29. The number of para-hydroxylation sites is 2. The number of fused-ring (bicyclic) bond motifs is 1. The van der Waals surface area contributed by atoms with Crippen molar-refractivity contribution in [3.63, 3.8) is 0 Å². The number of carboxylic acid groups (broad SMARTS) is 1. The second-order valence-corrected chi connectivity index (χ2v) is 9.55. The van der Waals surface area contributed by atoms with Crippen LogP contribution in [-0.4, -0.2) is 42.3 Å². The number of aliphatic carboxylic acids is 1. The summed E-state index contributed by atoms with van der Waals surface area (Å²) in [7, 11) is 3.99. The van der Waals surface area contributed by atoms with Gasteiger partial charge in [-0.25, -0.2) is 9.78 Å². The molecular weight excluding hydrogens is 470 g/mol. The molecule has 0 fully saturated rings. The second kappa shape index (κ2) is 11.3. The van der Waals surface area contributed by atoms with Crippen LogP contribution in [0.1, 0.15) is 37.8 Å². The van der Waals surface area contributed by atoms with Crippen LogP contribution in [0.2, 0.25) is 0 Å². The second-order valence-electron chi connectivity index (χ2n) is 9.55. The number of hydrogen-bond donors (Lipinski definition) is 2. The number of rotatable bonds is 12. The topological polar surface area (TPSA) is 97.1 Å². The summed E-state index contributed by atoms with van der Waals surface area (Å²) in [6.07, 6.45) is 0.277. The van der Waals surface area contributed by atoms with Crippen LogP contribution < -0.4 is 19.7 Å². The first-order chi connectivity index (χ1) is 17.7. The fourth-order valence-corrected chi connectivity index (χ4v) is 3.74. The van der Waals surface area contributed by atoms with E-state index in [1.54, 1.807) is 12.1 Å². The maximum absolute atomic E-state index is 11.3. The van der Waals surface area contributed by atoms with Crippen molar-refractivity contribution < 1.29 is 23.8 Å². The SMILES string of the molecule is CN(C)c1cccc(OC(CCNCc2ccc(OC(C)(C)C(=O)O)cc2)c2nc3ccccc3o2)c1. The number of anilines is 1. The molecule has 2 N–H and O–H groups in total. The summed E-state index contributed by atoms with van der Waals surface area (Å²) in [5.41, 5.74) is 2.35. The lowest BCUT2D eigenvalue weighted by molar-refractivity contribution is -0.152. The smallest absolute Gasteiger partial charge is 0.347 e. The lowest BCUT2D eigenvalue weighted by Crippen LogP contribution is -2.37. The highest BCUT2D eigenvalue weighted by atomic mass is 16.5. The summed E-state index contributed by atoms with van der Waals surface area (Å²) < 4.78 is 18.0. The third kappa shape index (κ3) is 6.80. The normalized spacial score (nSPS) is 12.3. The van der Waals surface area contributed by atoms with Crippen LogP contribution in [0.25, 0.3) is 11.1 Å². The molecule has 8 nitrogen and oxygen atoms in total. The molecule has 0 aliphatic rings. The van der Waals surface area contributed by atoms with Crippen LogP contribution >= 0.6 is 0 Å². The van der Waals surface area contributed by atoms with E-state index in [1.165, 1.54) is 13.8 Å². The van der Waals surface area contributed by atoms with Gasteiger partial charge in [-0.15, -0.1) is 0 Å². The molecule has 0 amide bonds. The van der Waals surface area contributed by atoms with Crippen LogP contribution in [0.5, 0.6) is 11.5 Å². The van der Waals surface area contributed by atoms with E-state index in [9.17, 15) is 9.90 Å². The van der Waals surface area contributed by atoms with Crippen molar-refractivity contribution in [2.45, 2.75) is 38.5 Å². The lowest BCUT2D eigenvalue weighted by atomic mass is 10.1. The Balaban J connectivity index is 1.40. The Morgan fingerprint density at radius 2 is 1.81 bits per heavy atom. The van der Waals surface area contributed by atoms with Gasteiger partial charge >= 0.3 is 5.97 Å². The molecule has 1 heterocycles. The molecule has 3 aromatic carbocycles. The molecule has 8 heteroatoms. The highest BCUT2D eigenvalue weighted by molar-refractivity contribution is 5.76. The van der Waals surface area contributed by atoms with Gasteiger partial charge in [0.15, 0.2) is 17.3 Å². The average molecular weight is 504 g/mol. The molecule has 4 aromatic rings. The van der Waals surface area contributed by atoms with Crippen LogP contribution in [0.4, 0.5) is 5.69 Å². The van der Waals surface area contributed by atoms with E-state index in [-0.39, 0.29) is 6.10 Å². The van der Waals surface area contributed by atoms with Crippen molar-refractivity contribution in [2.24, 2.45) is 0 Å². The molecule has 0 saturated carbocycles. The average Bonchev–Trinajstić information content (AvgIpc) is 3.31. The van der Waals surface area contributed by atoms with Crippen LogP contribution in [0, 0.1) is 0 Å². The zero-order chi connectivity index (χ0) is 26.4. The van der Waals surface area contributed by atoms with Gasteiger partial charge in [0.25, 0.3) is 0 Å². The maximum Gasteiger partial charge on any atom is 0.347 e. The molecule has 1 aromatic heterocycles. The molecule has 4 rings (SSSR count). The van der Waals surface area contributed by atoms with E-state index in [2.05, 4.69) is 10.3 Å². The number of hydrogen-bond acceptors (Lipinski definition) is 7. The maximum atomic E-state index is 11.3. The number of oxazole rings is 1. The Labute approximate surface area is 216 Å². The summed E-state index contributed by atoms with van der Waals surface area (Å²) in [6.45, 7) is 4.36. The molecule has 0 spiro atoms. The number of nitrogens with one attached hydrogen (secondary N) is 1. The quantitative estimate of drug-likeness (QED) is 0.247. The summed E-state index contributed by atoms with van der Waals surface area (Å²) in [5.74, 6) is 0.794. The van der Waals surface area contributed by atoms with E-state index < -0.39 is 11.6 Å². The van der Waals surface area contributed by atoms with Gasteiger partial charge in [0, 0.05) is 38.8 Å². The summed E-state index contributed by atoms with van der Waals surface area (Å²) in [4.78, 5) is 18.0. The van der Waals surface area contributed by atoms with E-state index >= 15 is 0 Å². The number of carboxylic acids is 1. The van der Waals surface area contributed by atoms with Gasteiger partial charge in [-0.05, 0) is 62.4 Å². The minimum Gasteiger partial charge on any atom is -0.481 e. The first kappa shape index (κ1) is 26.0. The number of aromatic nitrogens is 1. The highest BCUT2D eigenvalue weighted by Gasteiger charge is 2.29. The van der Waals surface area contributed by atoms with E-state index in [4.69, 9.17) is 13.9 Å². The van der Waals surface area contributed by atoms with Crippen molar-refractivity contribution in [3.8, 4) is 11.5 Å². The standard InChI is InChI=1S/C29H33N3O5/c1-29(2,28(33)34)37-22-14-12-20(13-15-22)19-30-17-16-26(27-31-24-10-5-6-11-25(24)36-27)35-23-9-7-8-21(18-23)32(3)4/h5-15,18,26,30H,16-17,19H2,1-4H3,(H,33,34). The van der Waals surface area contributed by atoms with Crippen LogP contribution in [0.15, 0.2) is 77.2 Å². The minimum absolute atomic E-state index is 0.369. The minimum atomic E-state index is -1.29. The molecule has 0 bridgehead atoms. The van der Waals surface area contributed by atoms with Gasteiger partial charge in [0.05, 0.1) is 0 Å². The molecule has 194 valence electrons. The van der Waals surface area contributed by atoms with Gasteiger partial charge in [-0.2, -0.15) is 0 Å². The number of carbonyl (C=O) groups is 1. The fraction of sp³-hybridized carbons (Fsp3) is 0.310. The molecule has 0 saturated heterocycles. The van der Waals surface area contributed by atoms with Gasteiger partial charge in [0.2, 0.25) is 5.89 Å². The van der Waals surface area contributed by atoms with Crippen molar-refractivity contribution in [1.29, 1.82) is 0 Å². The molecule has 37 heavy (non-hydrogen) atoms. The van der Waals surface area contributed by atoms with Crippen molar-refractivity contribution in [1.82, 2.24) is 10.3 Å². The molecule has 0 aliphatic carbocycles. The van der Waals surface area contributed by atoms with Gasteiger partial charge < -0.3 is 29.2 Å². The van der Waals surface area contributed by atoms with Crippen LogP contribution in [0.3, 0.4) is 0 Å². The summed E-state index contributed by atoms with van der Waals surface area (Å²) in [5, 5.41) is 12.7. The number of benzene rings is 3. The van der Waals surface area contributed by atoms with Gasteiger partial charge in [-0.3, -0.25) is 0 Å². The zero-order valence-electron chi connectivity index (χ0n) is 21.6. The first-order valence-corrected chi connectivity index (χ1v) is 12.2. The Hall–Kier alpha value is -4.04. The largest absolute Gasteiger partial charge is 0.481 e. The van der Waals surface area contributed by atoms with E-state index in [0.29, 0.717) is 31.2 Å². The third-order valence-electron chi connectivity index (χ3n) is 5.92. The molecule has 1 atom stereocenters. The van der Waals surface area contributed by atoms with Crippen LogP contribution in [-0.2, 0) is 11.3 Å². The zero-order valence-corrected chi connectivity index (χ0v) is 21.6. The first-order valence-electron chi connectivity index (χ1n) is 12.2. The molecular formula is C29H33N3O5.